The van der Waals surface area contributed by atoms with Gasteiger partial charge >= 0.3 is 21.0 Å². The predicted molar refractivity (Wildman–Crippen MR) is 117 cm³/mol. The fraction of sp³-hybridized carbons (Fsp3) is 0.900. The zero-order valence-corrected chi connectivity index (χ0v) is 20.6. The van der Waals surface area contributed by atoms with Crippen LogP contribution in [0.25, 0.3) is 0 Å². The Morgan fingerprint density at radius 2 is 1.20 bits per heavy atom. The van der Waals surface area contributed by atoms with Gasteiger partial charge in [0.2, 0.25) is 0 Å². The zero-order valence-electron chi connectivity index (χ0n) is 19.6. The molecule has 0 spiro atoms. The van der Waals surface area contributed by atoms with E-state index in [4.69, 9.17) is 22.8 Å². The highest BCUT2D eigenvalue weighted by Gasteiger charge is 2.36. The second-order valence-corrected chi connectivity index (χ2v) is 11.2. The number of amides is 2. The highest BCUT2D eigenvalue weighted by atomic mass is 28.4. The Morgan fingerprint density at radius 3 is 1.67 bits per heavy atom. The lowest BCUT2D eigenvalue weighted by molar-refractivity contribution is 0.122. The van der Waals surface area contributed by atoms with E-state index in [2.05, 4.69) is 10.6 Å². The number of carbonyl (C=O) groups excluding carboxylic acids is 2. The van der Waals surface area contributed by atoms with Crippen LogP contribution in [0.2, 0.25) is 6.04 Å². The van der Waals surface area contributed by atoms with Gasteiger partial charge in [0.05, 0.1) is 13.2 Å². The smallest absolute Gasteiger partial charge is 0.450 e. The summed E-state index contributed by atoms with van der Waals surface area (Å²) in [5.74, 6) is 0. The lowest BCUT2D eigenvalue weighted by Crippen LogP contribution is -2.43. The van der Waals surface area contributed by atoms with E-state index in [1.807, 2.05) is 20.8 Å². The van der Waals surface area contributed by atoms with Crippen molar-refractivity contribution in [2.45, 2.75) is 77.3 Å². The summed E-state index contributed by atoms with van der Waals surface area (Å²) in [4.78, 5) is 23.2. The summed E-state index contributed by atoms with van der Waals surface area (Å²) in [6.07, 6.45) is 5.77. The molecule has 0 aliphatic heterocycles. The minimum atomic E-state index is -2.58. The van der Waals surface area contributed by atoms with Crippen LogP contribution in [0.1, 0.15) is 65.7 Å². The summed E-state index contributed by atoms with van der Waals surface area (Å²) < 4.78 is 26.3. The van der Waals surface area contributed by atoms with Crippen LogP contribution in [0.15, 0.2) is 0 Å². The summed E-state index contributed by atoms with van der Waals surface area (Å²) in [5.41, 5.74) is -0.276. The highest BCUT2D eigenvalue weighted by Crippen LogP contribution is 2.14. The Labute approximate surface area is 182 Å². The number of nitrogens with one attached hydrogen (secondary N) is 2. The van der Waals surface area contributed by atoms with Crippen LogP contribution in [-0.4, -0.2) is 67.6 Å². The number of carbonyl (C=O) groups is 2. The van der Waals surface area contributed by atoms with Gasteiger partial charge in [0, 0.05) is 39.5 Å². The van der Waals surface area contributed by atoms with E-state index in [-0.39, 0.29) is 11.6 Å². The standard InChI is InChI=1S/C20H42N2O7Si/c1-20(2,3)22-19(24)29-16-12-10-8-7-9-11-15-28-18(23)21-14-13-17-30(25-4,26-5)27-6/h7-17H2,1-6H3,(H,21,23)(H,22,24). The minimum absolute atomic E-state index is 0.276. The number of hydrogen-bond donors (Lipinski definition) is 2. The third-order valence-corrected chi connectivity index (χ3v) is 7.18. The van der Waals surface area contributed by atoms with E-state index in [1.165, 1.54) is 0 Å². The normalized spacial score (nSPS) is 11.8. The van der Waals surface area contributed by atoms with Crippen LogP contribution in [-0.2, 0) is 22.8 Å². The number of alkyl carbamates (subject to hydrolysis) is 2. The molecule has 0 aliphatic carbocycles. The number of unbranched alkanes of at least 4 members (excludes halogenated alkanes) is 5. The van der Waals surface area contributed by atoms with Gasteiger partial charge in [-0.1, -0.05) is 25.7 Å². The Balaban J connectivity index is 3.50. The molecule has 0 aromatic rings. The molecule has 0 bridgehead atoms. The summed E-state index contributed by atoms with van der Waals surface area (Å²) in [6.45, 7) is 7.09. The second kappa shape index (κ2) is 16.3. The van der Waals surface area contributed by atoms with E-state index in [9.17, 15) is 9.59 Å². The maximum atomic E-state index is 11.7. The van der Waals surface area contributed by atoms with E-state index >= 15 is 0 Å². The van der Waals surface area contributed by atoms with Crippen LogP contribution in [0.3, 0.4) is 0 Å². The highest BCUT2D eigenvalue weighted by molar-refractivity contribution is 6.60. The maximum Gasteiger partial charge on any atom is 0.500 e. The average molecular weight is 451 g/mol. The SMILES string of the molecule is CO[Si](CCCNC(=O)OCCCCCCCCOC(=O)NC(C)(C)C)(OC)OC. The number of ether oxygens (including phenoxy) is 2. The third-order valence-electron chi connectivity index (χ3n) is 4.34. The third kappa shape index (κ3) is 15.5. The van der Waals surface area contributed by atoms with E-state index in [1.54, 1.807) is 21.3 Å². The van der Waals surface area contributed by atoms with Crippen molar-refractivity contribution in [1.82, 2.24) is 10.6 Å². The molecule has 30 heavy (non-hydrogen) atoms. The molecule has 0 saturated heterocycles. The van der Waals surface area contributed by atoms with E-state index in [0.29, 0.717) is 32.2 Å². The Kier molecular flexibility index (Phi) is 15.6. The van der Waals surface area contributed by atoms with Crippen molar-refractivity contribution in [1.29, 1.82) is 0 Å². The van der Waals surface area contributed by atoms with Crippen LogP contribution in [0, 0.1) is 0 Å². The van der Waals surface area contributed by atoms with Crippen LogP contribution >= 0.6 is 0 Å². The molecule has 2 amide bonds. The Morgan fingerprint density at radius 1 is 0.733 bits per heavy atom. The minimum Gasteiger partial charge on any atom is -0.450 e. The van der Waals surface area contributed by atoms with Crippen LogP contribution < -0.4 is 10.6 Å². The molecule has 9 nitrogen and oxygen atoms in total. The molecule has 178 valence electrons. The van der Waals surface area contributed by atoms with Crippen LogP contribution in [0.5, 0.6) is 0 Å². The largest absolute Gasteiger partial charge is 0.500 e. The van der Waals surface area contributed by atoms with Crippen molar-refractivity contribution >= 4 is 21.0 Å². The fourth-order valence-corrected chi connectivity index (χ4v) is 4.41. The van der Waals surface area contributed by atoms with Gasteiger partial charge < -0.3 is 33.4 Å². The van der Waals surface area contributed by atoms with Crippen LogP contribution in [0.4, 0.5) is 9.59 Å². The van der Waals surface area contributed by atoms with Crippen molar-refractivity contribution in [2.24, 2.45) is 0 Å². The predicted octanol–water partition coefficient (Wildman–Crippen LogP) is 3.85. The molecule has 0 saturated carbocycles. The molecule has 0 radical (unpaired) electrons. The Hall–Kier alpha value is -1.36. The van der Waals surface area contributed by atoms with Gasteiger partial charge in [0.15, 0.2) is 0 Å². The van der Waals surface area contributed by atoms with Gasteiger partial charge in [0.25, 0.3) is 0 Å². The average Bonchev–Trinajstić information content (AvgIpc) is 2.68. The van der Waals surface area contributed by atoms with Crippen molar-refractivity contribution < 1.29 is 32.3 Å². The maximum absolute atomic E-state index is 11.7. The molecule has 10 heteroatoms. The van der Waals surface area contributed by atoms with Crippen molar-refractivity contribution in [2.75, 3.05) is 41.1 Å². The van der Waals surface area contributed by atoms with E-state index < -0.39 is 14.9 Å². The molecule has 0 unspecified atom stereocenters. The van der Waals surface area contributed by atoms with Crippen molar-refractivity contribution in [3.05, 3.63) is 0 Å². The van der Waals surface area contributed by atoms with E-state index in [0.717, 1.165) is 38.5 Å². The molecule has 2 N–H and O–H groups in total. The number of hydrogen-bond acceptors (Lipinski definition) is 7. The second-order valence-electron chi connectivity index (χ2n) is 8.09. The molecule has 0 rings (SSSR count). The molecule has 0 atom stereocenters. The van der Waals surface area contributed by atoms with Crippen molar-refractivity contribution in [3.63, 3.8) is 0 Å². The summed E-state index contributed by atoms with van der Waals surface area (Å²) in [7, 11) is 2.13. The quantitative estimate of drug-likeness (QED) is 0.272. The lowest BCUT2D eigenvalue weighted by Gasteiger charge is -2.24. The fourth-order valence-electron chi connectivity index (χ4n) is 2.69. The topological polar surface area (TPSA) is 104 Å². The van der Waals surface area contributed by atoms with Crippen molar-refractivity contribution in [3.8, 4) is 0 Å². The number of rotatable bonds is 16. The summed E-state index contributed by atoms with van der Waals surface area (Å²) in [6, 6.07) is 0.628. The first-order valence-corrected chi connectivity index (χ1v) is 12.6. The molecule has 0 fully saturated rings. The Bertz CT molecular complexity index is 460. The van der Waals surface area contributed by atoms with Gasteiger partial charge in [0.1, 0.15) is 0 Å². The molecule has 0 aromatic carbocycles. The first-order valence-electron chi connectivity index (χ1n) is 10.7. The first kappa shape index (κ1) is 28.6. The lowest BCUT2D eigenvalue weighted by atomic mass is 10.1. The van der Waals surface area contributed by atoms with Gasteiger partial charge in [-0.25, -0.2) is 9.59 Å². The monoisotopic (exact) mass is 450 g/mol. The molecule has 0 aliphatic rings. The molecule has 0 aromatic heterocycles. The van der Waals surface area contributed by atoms with Gasteiger partial charge in [-0.15, -0.1) is 0 Å². The molecule has 0 heterocycles. The molecular weight excluding hydrogens is 408 g/mol. The van der Waals surface area contributed by atoms with Gasteiger partial charge in [-0.05, 0) is 40.0 Å². The zero-order chi connectivity index (χ0) is 22.9. The van der Waals surface area contributed by atoms with Gasteiger partial charge in [-0.3, -0.25) is 0 Å². The summed E-state index contributed by atoms with van der Waals surface area (Å²) >= 11 is 0. The summed E-state index contributed by atoms with van der Waals surface area (Å²) in [5, 5.41) is 5.48. The van der Waals surface area contributed by atoms with Gasteiger partial charge in [-0.2, -0.15) is 0 Å². The first-order chi connectivity index (χ1) is 14.2. The molecular formula is C20H42N2O7Si.